The standard InChI is InChI=1S/C15H22N4/c1-3-8-17-14(15-18-11-12-19(15)2)5-4-13-6-9-16-10-7-13/h6-7,9-12,14,17H,3-5,8H2,1-2H3. The molecule has 4 heteroatoms. The van der Waals surface area contributed by atoms with Gasteiger partial charge in [0.25, 0.3) is 0 Å². The Morgan fingerprint density at radius 3 is 2.68 bits per heavy atom. The van der Waals surface area contributed by atoms with Crippen molar-refractivity contribution in [1.29, 1.82) is 0 Å². The second kappa shape index (κ2) is 7.04. The largest absolute Gasteiger partial charge is 0.337 e. The lowest BCUT2D eigenvalue weighted by Gasteiger charge is -2.18. The van der Waals surface area contributed by atoms with E-state index in [2.05, 4.69) is 46.0 Å². The van der Waals surface area contributed by atoms with Crippen LogP contribution in [0.1, 0.15) is 37.2 Å². The molecule has 0 bridgehead atoms. The predicted octanol–water partition coefficient (Wildman–Crippen LogP) is 2.49. The lowest BCUT2D eigenvalue weighted by Crippen LogP contribution is -2.25. The lowest BCUT2D eigenvalue weighted by molar-refractivity contribution is 0.465. The number of imidazole rings is 1. The van der Waals surface area contributed by atoms with Gasteiger partial charge >= 0.3 is 0 Å². The summed E-state index contributed by atoms with van der Waals surface area (Å²) in [5.74, 6) is 1.11. The molecule has 0 aliphatic heterocycles. The van der Waals surface area contributed by atoms with Crippen molar-refractivity contribution in [2.75, 3.05) is 6.54 Å². The molecular formula is C15H22N4. The van der Waals surface area contributed by atoms with E-state index in [9.17, 15) is 0 Å². The average Bonchev–Trinajstić information content (AvgIpc) is 2.86. The van der Waals surface area contributed by atoms with Gasteiger partial charge in [-0.1, -0.05) is 6.92 Å². The number of rotatable bonds is 7. The van der Waals surface area contributed by atoms with Crippen molar-refractivity contribution in [2.24, 2.45) is 7.05 Å². The highest BCUT2D eigenvalue weighted by atomic mass is 15.1. The smallest absolute Gasteiger partial charge is 0.125 e. The normalized spacial score (nSPS) is 12.5. The predicted molar refractivity (Wildman–Crippen MR) is 76.8 cm³/mol. The number of nitrogens with zero attached hydrogens (tertiary/aromatic N) is 3. The number of hydrogen-bond donors (Lipinski definition) is 1. The van der Waals surface area contributed by atoms with Crippen LogP contribution in [0.5, 0.6) is 0 Å². The van der Waals surface area contributed by atoms with Crippen LogP contribution in [0.15, 0.2) is 36.9 Å². The van der Waals surface area contributed by atoms with Gasteiger partial charge in [-0.05, 0) is 43.5 Å². The van der Waals surface area contributed by atoms with Gasteiger partial charge < -0.3 is 9.88 Å². The molecule has 0 amide bonds. The number of aromatic nitrogens is 3. The zero-order valence-corrected chi connectivity index (χ0v) is 11.7. The average molecular weight is 258 g/mol. The van der Waals surface area contributed by atoms with Crippen molar-refractivity contribution in [3.8, 4) is 0 Å². The molecule has 0 spiro atoms. The fourth-order valence-corrected chi connectivity index (χ4v) is 2.21. The van der Waals surface area contributed by atoms with Gasteiger partial charge in [0.15, 0.2) is 0 Å². The molecule has 0 aromatic carbocycles. The molecular weight excluding hydrogens is 236 g/mol. The van der Waals surface area contributed by atoms with E-state index in [1.54, 1.807) is 0 Å². The first-order chi connectivity index (χ1) is 9.31. The SMILES string of the molecule is CCCNC(CCc1ccncc1)c1nccn1C. The first-order valence-corrected chi connectivity index (χ1v) is 6.90. The molecule has 2 rings (SSSR count). The van der Waals surface area contributed by atoms with E-state index in [4.69, 9.17) is 0 Å². The minimum Gasteiger partial charge on any atom is -0.337 e. The highest BCUT2D eigenvalue weighted by Gasteiger charge is 2.14. The molecule has 1 atom stereocenters. The molecule has 0 aliphatic rings. The Hall–Kier alpha value is -1.68. The molecule has 1 N–H and O–H groups in total. The van der Waals surface area contributed by atoms with E-state index in [1.807, 2.05) is 24.8 Å². The number of aryl methyl sites for hydroxylation is 2. The zero-order valence-electron chi connectivity index (χ0n) is 11.7. The maximum absolute atomic E-state index is 4.47. The van der Waals surface area contributed by atoms with Crippen LogP contribution in [0.4, 0.5) is 0 Å². The molecule has 4 nitrogen and oxygen atoms in total. The molecule has 0 radical (unpaired) electrons. The van der Waals surface area contributed by atoms with Crippen LogP contribution in [0.25, 0.3) is 0 Å². The van der Waals surface area contributed by atoms with E-state index in [-0.39, 0.29) is 0 Å². The third-order valence-electron chi connectivity index (χ3n) is 3.28. The maximum Gasteiger partial charge on any atom is 0.125 e. The summed E-state index contributed by atoms with van der Waals surface area (Å²) in [7, 11) is 2.05. The lowest BCUT2D eigenvalue weighted by atomic mass is 10.1. The molecule has 102 valence electrons. The maximum atomic E-state index is 4.47. The summed E-state index contributed by atoms with van der Waals surface area (Å²) in [4.78, 5) is 8.52. The second-order valence-electron chi connectivity index (χ2n) is 4.80. The number of nitrogens with one attached hydrogen (secondary N) is 1. The molecule has 0 aliphatic carbocycles. The van der Waals surface area contributed by atoms with Gasteiger partial charge in [-0.3, -0.25) is 4.98 Å². The van der Waals surface area contributed by atoms with Crippen molar-refractivity contribution < 1.29 is 0 Å². The van der Waals surface area contributed by atoms with Gasteiger partial charge in [0, 0.05) is 31.8 Å². The fourth-order valence-electron chi connectivity index (χ4n) is 2.21. The van der Waals surface area contributed by atoms with Gasteiger partial charge in [0.2, 0.25) is 0 Å². The number of pyridine rings is 1. The summed E-state index contributed by atoms with van der Waals surface area (Å²) in [6.07, 6.45) is 10.8. The summed E-state index contributed by atoms with van der Waals surface area (Å²) < 4.78 is 2.10. The van der Waals surface area contributed by atoms with Crippen molar-refractivity contribution in [3.05, 3.63) is 48.3 Å². The molecule has 1 unspecified atom stereocenters. The first-order valence-electron chi connectivity index (χ1n) is 6.90. The molecule has 0 fully saturated rings. The molecule has 0 saturated carbocycles. The summed E-state index contributed by atoms with van der Waals surface area (Å²) in [6.45, 7) is 3.21. The monoisotopic (exact) mass is 258 g/mol. The Labute approximate surface area is 114 Å². The van der Waals surface area contributed by atoms with Crippen LogP contribution in [0, 0.1) is 0 Å². The van der Waals surface area contributed by atoms with Gasteiger partial charge in [-0.15, -0.1) is 0 Å². The van der Waals surface area contributed by atoms with E-state index < -0.39 is 0 Å². The first kappa shape index (κ1) is 13.7. The van der Waals surface area contributed by atoms with Crippen molar-refractivity contribution >= 4 is 0 Å². The van der Waals surface area contributed by atoms with E-state index >= 15 is 0 Å². The van der Waals surface area contributed by atoms with E-state index in [1.165, 1.54) is 5.56 Å². The molecule has 19 heavy (non-hydrogen) atoms. The third-order valence-corrected chi connectivity index (χ3v) is 3.28. The molecule has 2 aromatic rings. The van der Waals surface area contributed by atoms with Crippen molar-refractivity contribution in [2.45, 2.75) is 32.2 Å². The van der Waals surface area contributed by atoms with E-state index in [0.717, 1.165) is 31.6 Å². The minimum atomic E-state index is 0.313. The highest BCUT2D eigenvalue weighted by Crippen LogP contribution is 2.17. The van der Waals surface area contributed by atoms with Crippen molar-refractivity contribution in [1.82, 2.24) is 19.9 Å². The third kappa shape index (κ3) is 3.89. The Balaban J connectivity index is 2.00. The van der Waals surface area contributed by atoms with Crippen LogP contribution in [0.3, 0.4) is 0 Å². The Morgan fingerprint density at radius 2 is 2.05 bits per heavy atom. The minimum absolute atomic E-state index is 0.313. The Bertz CT molecular complexity index is 478. The Morgan fingerprint density at radius 1 is 1.26 bits per heavy atom. The quantitative estimate of drug-likeness (QED) is 0.829. The topological polar surface area (TPSA) is 42.7 Å². The molecule has 2 aromatic heterocycles. The van der Waals surface area contributed by atoms with Crippen LogP contribution in [0.2, 0.25) is 0 Å². The molecule has 0 saturated heterocycles. The summed E-state index contributed by atoms with van der Waals surface area (Å²) in [5, 5.41) is 3.58. The summed E-state index contributed by atoms with van der Waals surface area (Å²) >= 11 is 0. The molecule has 2 heterocycles. The van der Waals surface area contributed by atoms with Crippen LogP contribution >= 0.6 is 0 Å². The van der Waals surface area contributed by atoms with Crippen LogP contribution in [-0.2, 0) is 13.5 Å². The fraction of sp³-hybridized carbons (Fsp3) is 0.467. The zero-order chi connectivity index (χ0) is 13.5. The van der Waals surface area contributed by atoms with E-state index in [0.29, 0.717) is 6.04 Å². The summed E-state index contributed by atoms with van der Waals surface area (Å²) in [5.41, 5.74) is 1.33. The van der Waals surface area contributed by atoms with Crippen LogP contribution in [-0.4, -0.2) is 21.1 Å². The van der Waals surface area contributed by atoms with Gasteiger partial charge in [0.1, 0.15) is 5.82 Å². The second-order valence-corrected chi connectivity index (χ2v) is 4.80. The highest BCUT2D eigenvalue weighted by molar-refractivity contribution is 5.11. The number of hydrogen-bond acceptors (Lipinski definition) is 3. The Kier molecular flexibility index (Phi) is 5.10. The summed E-state index contributed by atoms with van der Waals surface area (Å²) in [6, 6.07) is 4.47. The van der Waals surface area contributed by atoms with Gasteiger partial charge in [-0.25, -0.2) is 4.98 Å². The van der Waals surface area contributed by atoms with Crippen molar-refractivity contribution in [3.63, 3.8) is 0 Å². The van der Waals surface area contributed by atoms with Gasteiger partial charge in [-0.2, -0.15) is 0 Å². The van der Waals surface area contributed by atoms with Crippen LogP contribution < -0.4 is 5.32 Å². The van der Waals surface area contributed by atoms with Gasteiger partial charge in [0.05, 0.1) is 6.04 Å².